The second kappa shape index (κ2) is 9.30. The second-order valence-corrected chi connectivity index (χ2v) is 17.0. The number of ether oxygens (including phenoxy) is 2. The lowest BCUT2D eigenvalue weighted by molar-refractivity contribution is 0.0521. The van der Waals surface area contributed by atoms with E-state index in [2.05, 4.69) is 47.3 Å². The first-order valence-electron chi connectivity index (χ1n) is 11.6. The third-order valence-corrected chi connectivity index (χ3v) is 7.61. The van der Waals surface area contributed by atoms with Gasteiger partial charge in [-0.15, -0.1) is 0 Å². The summed E-state index contributed by atoms with van der Waals surface area (Å²) in [6.07, 6.45) is 4.23. The van der Waals surface area contributed by atoms with Crippen LogP contribution in [0.25, 0.3) is 6.08 Å². The highest BCUT2D eigenvalue weighted by Gasteiger charge is 2.39. The van der Waals surface area contributed by atoms with E-state index in [0.717, 1.165) is 29.3 Å². The van der Waals surface area contributed by atoms with Crippen LogP contribution in [0.3, 0.4) is 0 Å². The zero-order valence-corrected chi connectivity index (χ0v) is 22.0. The van der Waals surface area contributed by atoms with E-state index < -0.39 is 8.07 Å². The van der Waals surface area contributed by atoms with Crippen LogP contribution in [0.5, 0.6) is 5.75 Å². The first-order valence-corrected chi connectivity index (χ1v) is 15.3. The molecule has 0 saturated heterocycles. The van der Waals surface area contributed by atoms with Gasteiger partial charge in [0, 0.05) is 19.2 Å². The van der Waals surface area contributed by atoms with Crippen molar-refractivity contribution in [1.29, 1.82) is 0 Å². The fraction of sp³-hybridized carbons (Fsp3) is 0.429. The first kappa shape index (κ1) is 25.0. The van der Waals surface area contributed by atoms with Crippen molar-refractivity contribution in [2.75, 3.05) is 6.61 Å². The molecule has 0 fully saturated rings. The van der Waals surface area contributed by atoms with Crippen LogP contribution >= 0.6 is 0 Å². The first-order chi connectivity index (χ1) is 15.3. The zero-order valence-electron chi connectivity index (χ0n) is 21.0. The van der Waals surface area contributed by atoms with Crippen LogP contribution in [0.4, 0.5) is 0 Å². The van der Waals surface area contributed by atoms with E-state index in [1.165, 1.54) is 0 Å². The van der Waals surface area contributed by atoms with Gasteiger partial charge in [0.25, 0.3) is 0 Å². The van der Waals surface area contributed by atoms with Gasteiger partial charge in [0.2, 0.25) is 0 Å². The second-order valence-electron chi connectivity index (χ2n) is 11.4. The van der Waals surface area contributed by atoms with Crippen molar-refractivity contribution in [2.45, 2.75) is 70.8 Å². The Kier molecular flexibility index (Phi) is 7.03. The van der Waals surface area contributed by atoms with E-state index in [1.807, 2.05) is 30.3 Å². The summed E-state index contributed by atoms with van der Waals surface area (Å²) in [7, 11) is -1.23. The van der Waals surface area contributed by atoms with Gasteiger partial charge in [-0.05, 0) is 73.7 Å². The highest BCUT2D eigenvalue weighted by Crippen LogP contribution is 2.44. The summed E-state index contributed by atoms with van der Waals surface area (Å²) in [5.41, 5.74) is 2.78. The monoisotopic (exact) mass is 464 g/mol. The summed E-state index contributed by atoms with van der Waals surface area (Å²) < 4.78 is 11.5. The van der Waals surface area contributed by atoms with Gasteiger partial charge in [0.05, 0.1) is 12.2 Å². The minimum Gasteiger partial charge on any atom is -0.488 e. The van der Waals surface area contributed by atoms with Crippen LogP contribution in [0.1, 0.15) is 66.0 Å². The van der Waals surface area contributed by atoms with E-state index in [-0.39, 0.29) is 22.8 Å². The van der Waals surface area contributed by atoms with Gasteiger partial charge in [-0.2, -0.15) is 0 Å². The van der Waals surface area contributed by atoms with Crippen LogP contribution in [-0.4, -0.2) is 32.0 Å². The van der Waals surface area contributed by atoms with E-state index in [0.29, 0.717) is 17.7 Å². The van der Waals surface area contributed by atoms with Crippen LogP contribution in [0.15, 0.2) is 48.5 Å². The molecule has 1 aliphatic heterocycles. The number of esters is 1. The molecule has 4 nitrogen and oxygen atoms in total. The maximum Gasteiger partial charge on any atom is 0.338 e. The number of carbonyl (C=O) groups excluding carboxylic acids is 2. The molecule has 0 aromatic heterocycles. The van der Waals surface area contributed by atoms with Crippen molar-refractivity contribution in [3.05, 3.63) is 70.8 Å². The molecule has 3 rings (SSSR count). The number of carbonyl (C=O) groups is 2. The minimum absolute atomic E-state index is 0.0618. The lowest BCUT2D eigenvalue weighted by Crippen LogP contribution is -2.41. The van der Waals surface area contributed by atoms with Crippen LogP contribution in [0.2, 0.25) is 25.7 Å². The average molecular weight is 465 g/mol. The molecule has 33 heavy (non-hydrogen) atoms. The van der Waals surface area contributed by atoms with Gasteiger partial charge >= 0.3 is 5.97 Å². The number of fused-ring (bicyclic) bond motifs is 1. The molecule has 0 N–H and O–H groups in total. The summed E-state index contributed by atoms with van der Waals surface area (Å²) in [5, 5.41) is 0. The van der Waals surface area contributed by atoms with Crippen LogP contribution in [-0.2, 0) is 10.2 Å². The third kappa shape index (κ3) is 6.67. The predicted molar refractivity (Wildman–Crippen MR) is 137 cm³/mol. The normalized spacial score (nSPS) is 16.7. The molecule has 5 heteroatoms. The van der Waals surface area contributed by atoms with Crippen molar-refractivity contribution in [1.82, 2.24) is 0 Å². The number of allylic oxidation sites excluding steroid dienone is 1. The van der Waals surface area contributed by atoms with Crippen molar-refractivity contribution < 1.29 is 19.1 Å². The summed E-state index contributed by atoms with van der Waals surface area (Å²) >= 11 is 0. The molecule has 0 atom stereocenters. The topological polar surface area (TPSA) is 52.6 Å². The maximum atomic E-state index is 12.8. The van der Waals surface area contributed by atoms with Crippen molar-refractivity contribution in [2.24, 2.45) is 0 Å². The van der Waals surface area contributed by atoms with Crippen molar-refractivity contribution in [3.63, 3.8) is 0 Å². The van der Waals surface area contributed by atoms with E-state index in [9.17, 15) is 9.59 Å². The molecule has 0 radical (unpaired) electrons. The van der Waals surface area contributed by atoms with Crippen molar-refractivity contribution >= 4 is 25.9 Å². The third-order valence-electron chi connectivity index (χ3n) is 5.91. The van der Waals surface area contributed by atoms with Gasteiger partial charge in [0.1, 0.15) is 11.4 Å². The van der Waals surface area contributed by atoms with Crippen molar-refractivity contribution in [3.8, 4) is 5.75 Å². The molecule has 2 aromatic carbocycles. The number of hydrogen-bond donors (Lipinski definition) is 0. The quantitative estimate of drug-likeness (QED) is 0.193. The Morgan fingerprint density at radius 1 is 1.00 bits per heavy atom. The van der Waals surface area contributed by atoms with Gasteiger partial charge in [-0.25, -0.2) is 4.79 Å². The molecule has 0 unspecified atom stereocenters. The standard InChI is InChI=1S/C28H36O4Si/c1-27(2)19-28(3,4)32-25-15-13-22(18-23(25)27)24(29)14-10-20-8-11-21(12-9-20)26(30)31-16-17-33(5,6)7/h8-15,18H,16-17,19H2,1-7H3. The smallest absolute Gasteiger partial charge is 0.338 e. The Morgan fingerprint density at radius 3 is 2.27 bits per heavy atom. The molecule has 0 amide bonds. The van der Waals surface area contributed by atoms with Gasteiger partial charge < -0.3 is 9.47 Å². The molecule has 0 aliphatic carbocycles. The Labute approximate surface area is 199 Å². The van der Waals surface area contributed by atoms with Crippen LogP contribution < -0.4 is 4.74 Å². The summed E-state index contributed by atoms with van der Waals surface area (Å²) in [6, 6.07) is 13.8. The van der Waals surface area contributed by atoms with E-state index in [4.69, 9.17) is 9.47 Å². The highest BCUT2D eigenvalue weighted by atomic mass is 28.3. The Bertz CT molecular complexity index is 1060. The summed E-state index contributed by atoms with van der Waals surface area (Å²) in [6.45, 7) is 15.8. The maximum absolute atomic E-state index is 12.8. The number of ketones is 1. The largest absolute Gasteiger partial charge is 0.488 e. The number of hydrogen-bond acceptors (Lipinski definition) is 4. The Balaban J connectivity index is 1.66. The Hall–Kier alpha value is -2.66. The Morgan fingerprint density at radius 2 is 1.64 bits per heavy atom. The molecule has 1 aliphatic rings. The fourth-order valence-electron chi connectivity index (χ4n) is 4.33. The van der Waals surface area contributed by atoms with E-state index >= 15 is 0 Å². The summed E-state index contributed by atoms with van der Waals surface area (Å²) in [5.74, 6) is 0.485. The zero-order chi connectivity index (χ0) is 24.4. The lowest BCUT2D eigenvalue weighted by atomic mass is 9.73. The van der Waals surface area contributed by atoms with E-state index in [1.54, 1.807) is 24.3 Å². The van der Waals surface area contributed by atoms with Gasteiger partial charge in [-0.1, -0.05) is 51.7 Å². The van der Waals surface area contributed by atoms with Gasteiger partial charge in [0.15, 0.2) is 5.78 Å². The summed E-state index contributed by atoms with van der Waals surface area (Å²) in [4.78, 5) is 25.0. The molecule has 0 bridgehead atoms. The van der Waals surface area contributed by atoms with Gasteiger partial charge in [-0.3, -0.25) is 4.79 Å². The predicted octanol–water partition coefficient (Wildman–Crippen LogP) is 6.92. The number of benzene rings is 2. The molecule has 2 aromatic rings. The molecule has 0 spiro atoms. The fourth-order valence-corrected chi connectivity index (χ4v) is 5.04. The molecular weight excluding hydrogens is 428 g/mol. The lowest BCUT2D eigenvalue weighted by Gasteiger charge is -2.42. The molecule has 176 valence electrons. The SMILES string of the molecule is CC1(C)CC(C)(C)c2cc(C(=O)C=Cc3ccc(C(=O)OCC[Si](C)(C)C)cc3)ccc2O1. The molecule has 1 heterocycles. The number of rotatable bonds is 7. The van der Waals surface area contributed by atoms with Crippen LogP contribution in [0, 0.1) is 0 Å². The highest BCUT2D eigenvalue weighted by molar-refractivity contribution is 6.76. The molecule has 0 saturated carbocycles. The molecular formula is C28H36O4Si. The minimum atomic E-state index is -1.23. The average Bonchev–Trinajstić information content (AvgIpc) is 2.69.